The predicted molar refractivity (Wildman–Crippen MR) is 83.1 cm³/mol. The van der Waals surface area contributed by atoms with Crippen LogP contribution in [-0.4, -0.2) is 11.2 Å². The fourth-order valence-corrected chi connectivity index (χ4v) is 2.48. The molecule has 0 saturated heterocycles. The predicted octanol–water partition coefficient (Wildman–Crippen LogP) is 4.38. The minimum absolute atomic E-state index is 0.680. The van der Waals surface area contributed by atoms with Gasteiger partial charge in [-0.3, -0.25) is 4.68 Å². The minimum atomic E-state index is 0.680. The maximum atomic E-state index is 3.58. The standard InChI is InChI=1S/C17H20N2/c1-3-13(2)12-18-19-16-10-6-4-8-14(16)15-9-5-7-11-17(15)19/h4-11,13,18H,3,12H2,1-2H3. The van der Waals surface area contributed by atoms with Gasteiger partial charge in [-0.2, -0.15) is 0 Å². The van der Waals surface area contributed by atoms with E-state index in [4.69, 9.17) is 0 Å². The first-order valence-corrected chi connectivity index (χ1v) is 7.03. The van der Waals surface area contributed by atoms with Crippen molar-refractivity contribution < 1.29 is 0 Å². The van der Waals surface area contributed by atoms with Crippen molar-refractivity contribution in [2.75, 3.05) is 12.0 Å². The van der Waals surface area contributed by atoms with Crippen molar-refractivity contribution in [1.29, 1.82) is 0 Å². The molecule has 1 aromatic heterocycles. The highest BCUT2D eigenvalue weighted by Gasteiger charge is 2.09. The molecule has 1 N–H and O–H groups in total. The van der Waals surface area contributed by atoms with Crippen LogP contribution >= 0.6 is 0 Å². The molecule has 0 spiro atoms. The van der Waals surface area contributed by atoms with E-state index in [1.54, 1.807) is 0 Å². The third-order valence-corrected chi connectivity index (χ3v) is 3.87. The van der Waals surface area contributed by atoms with Gasteiger partial charge in [0.2, 0.25) is 0 Å². The molecule has 0 aliphatic carbocycles. The van der Waals surface area contributed by atoms with Gasteiger partial charge >= 0.3 is 0 Å². The number of nitrogens with zero attached hydrogens (tertiary/aromatic N) is 1. The molecule has 1 unspecified atom stereocenters. The number of rotatable bonds is 4. The fraction of sp³-hybridized carbons (Fsp3) is 0.294. The molecule has 0 aliphatic heterocycles. The van der Waals surface area contributed by atoms with Crippen LogP contribution < -0.4 is 5.43 Å². The summed E-state index contributed by atoms with van der Waals surface area (Å²) in [5, 5.41) is 2.63. The molecule has 19 heavy (non-hydrogen) atoms. The Morgan fingerprint density at radius 1 is 0.947 bits per heavy atom. The molecule has 2 aromatic carbocycles. The highest BCUT2D eigenvalue weighted by atomic mass is 15.4. The molecule has 0 amide bonds. The number of aromatic nitrogens is 1. The average molecular weight is 252 g/mol. The monoisotopic (exact) mass is 252 g/mol. The largest absolute Gasteiger partial charge is 0.325 e. The number of hydrogen-bond acceptors (Lipinski definition) is 1. The van der Waals surface area contributed by atoms with Crippen molar-refractivity contribution in [2.45, 2.75) is 20.3 Å². The number of hydrogen-bond donors (Lipinski definition) is 1. The molecule has 0 bridgehead atoms. The Labute approximate surface area is 114 Å². The summed E-state index contributed by atoms with van der Waals surface area (Å²) in [4.78, 5) is 0. The lowest BCUT2D eigenvalue weighted by molar-refractivity contribution is 0.571. The Hall–Kier alpha value is -1.96. The van der Waals surface area contributed by atoms with Crippen molar-refractivity contribution >= 4 is 21.8 Å². The quantitative estimate of drug-likeness (QED) is 0.729. The van der Waals surface area contributed by atoms with E-state index in [-0.39, 0.29) is 0 Å². The van der Waals surface area contributed by atoms with Gasteiger partial charge in [-0.1, -0.05) is 56.7 Å². The summed E-state index contributed by atoms with van der Waals surface area (Å²) in [7, 11) is 0. The molecular formula is C17H20N2. The van der Waals surface area contributed by atoms with Crippen molar-refractivity contribution in [3.8, 4) is 0 Å². The normalized spacial score (nSPS) is 12.9. The Morgan fingerprint density at radius 2 is 1.47 bits per heavy atom. The van der Waals surface area contributed by atoms with E-state index in [1.807, 2.05) is 0 Å². The van der Waals surface area contributed by atoms with Gasteiger partial charge in [0.05, 0.1) is 11.0 Å². The molecule has 1 heterocycles. The van der Waals surface area contributed by atoms with Gasteiger partial charge in [0.1, 0.15) is 0 Å². The highest BCUT2D eigenvalue weighted by Crippen LogP contribution is 2.27. The maximum absolute atomic E-state index is 3.58. The lowest BCUT2D eigenvalue weighted by Crippen LogP contribution is -2.20. The van der Waals surface area contributed by atoms with Crippen molar-refractivity contribution in [2.24, 2.45) is 5.92 Å². The molecule has 3 rings (SSSR count). The van der Waals surface area contributed by atoms with Gasteiger partial charge in [-0.25, -0.2) is 0 Å². The van der Waals surface area contributed by atoms with Gasteiger partial charge in [-0.05, 0) is 18.1 Å². The highest BCUT2D eigenvalue weighted by molar-refractivity contribution is 6.08. The summed E-state index contributed by atoms with van der Waals surface area (Å²) < 4.78 is 2.23. The molecule has 3 aromatic rings. The van der Waals surface area contributed by atoms with Crippen LogP contribution in [0.25, 0.3) is 21.8 Å². The van der Waals surface area contributed by atoms with Crippen molar-refractivity contribution in [3.63, 3.8) is 0 Å². The van der Waals surface area contributed by atoms with Crippen LogP contribution in [0.3, 0.4) is 0 Å². The van der Waals surface area contributed by atoms with E-state index in [1.165, 1.54) is 28.2 Å². The molecule has 98 valence electrons. The third-order valence-electron chi connectivity index (χ3n) is 3.87. The number of fused-ring (bicyclic) bond motifs is 3. The smallest absolute Gasteiger partial charge is 0.0705 e. The van der Waals surface area contributed by atoms with E-state index in [2.05, 4.69) is 72.5 Å². The summed E-state index contributed by atoms with van der Waals surface area (Å²) in [5.41, 5.74) is 6.09. The van der Waals surface area contributed by atoms with Crippen LogP contribution in [0.1, 0.15) is 20.3 Å². The molecule has 0 fully saturated rings. The van der Waals surface area contributed by atoms with Crippen LogP contribution in [0.5, 0.6) is 0 Å². The Kier molecular flexibility index (Phi) is 3.16. The first-order valence-electron chi connectivity index (χ1n) is 7.03. The second-order valence-electron chi connectivity index (χ2n) is 5.25. The summed E-state index contributed by atoms with van der Waals surface area (Å²) in [6.45, 7) is 5.51. The molecule has 2 nitrogen and oxygen atoms in total. The summed E-state index contributed by atoms with van der Waals surface area (Å²) >= 11 is 0. The molecule has 0 saturated carbocycles. The summed E-state index contributed by atoms with van der Waals surface area (Å²) in [6, 6.07) is 17.2. The van der Waals surface area contributed by atoms with Crippen LogP contribution in [-0.2, 0) is 0 Å². The van der Waals surface area contributed by atoms with Crippen LogP contribution in [0, 0.1) is 5.92 Å². The number of para-hydroxylation sites is 2. The zero-order valence-electron chi connectivity index (χ0n) is 11.6. The zero-order chi connectivity index (χ0) is 13.2. The van der Waals surface area contributed by atoms with Gasteiger partial charge in [0.25, 0.3) is 0 Å². The van der Waals surface area contributed by atoms with E-state index < -0.39 is 0 Å². The van der Waals surface area contributed by atoms with E-state index in [0.29, 0.717) is 5.92 Å². The van der Waals surface area contributed by atoms with Gasteiger partial charge in [0, 0.05) is 17.3 Å². The minimum Gasteiger partial charge on any atom is -0.325 e. The van der Waals surface area contributed by atoms with Gasteiger partial charge in [0.15, 0.2) is 0 Å². The molecule has 0 radical (unpaired) electrons. The second kappa shape index (κ2) is 4.96. The van der Waals surface area contributed by atoms with Crippen molar-refractivity contribution in [3.05, 3.63) is 48.5 Å². The first-order chi connectivity index (χ1) is 9.31. The Morgan fingerprint density at radius 3 is 2.00 bits per heavy atom. The van der Waals surface area contributed by atoms with E-state index in [0.717, 1.165) is 6.54 Å². The zero-order valence-corrected chi connectivity index (χ0v) is 11.6. The van der Waals surface area contributed by atoms with Crippen LogP contribution in [0.4, 0.5) is 0 Å². The summed E-state index contributed by atoms with van der Waals surface area (Å²) in [5.74, 6) is 0.680. The fourth-order valence-electron chi connectivity index (χ4n) is 2.48. The first kappa shape index (κ1) is 12.1. The van der Waals surface area contributed by atoms with Gasteiger partial charge < -0.3 is 5.43 Å². The lowest BCUT2D eigenvalue weighted by atomic mass is 10.1. The lowest BCUT2D eigenvalue weighted by Gasteiger charge is -2.14. The number of benzene rings is 2. The average Bonchev–Trinajstić information content (AvgIpc) is 2.79. The number of nitrogens with one attached hydrogen (secondary N) is 1. The maximum Gasteiger partial charge on any atom is 0.0705 e. The third kappa shape index (κ3) is 2.07. The topological polar surface area (TPSA) is 17.0 Å². The van der Waals surface area contributed by atoms with Crippen LogP contribution in [0.2, 0.25) is 0 Å². The second-order valence-corrected chi connectivity index (χ2v) is 5.25. The van der Waals surface area contributed by atoms with Crippen LogP contribution in [0.15, 0.2) is 48.5 Å². The SMILES string of the molecule is CCC(C)CNn1c2ccccc2c2ccccc21. The van der Waals surface area contributed by atoms with Crippen molar-refractivity contribution in [1.82, 2.24) is 4.68 Å². The Bertz CT molecular complexity index is 643. The van der Waals surface area contributed by atoms with E-state index in [9.17, 15) is 0 Å². The molecule has 0 aliphatic rings. The molecule has 2 heteroatoms. The van der Waals surface area contributed by atoms with Gasteiger partial charge in [-0.15, -0.1) is 0 Å². The molecular weight excluding hydrogens is 232 g/mol. The Balaban J connectivity index is 2.14. The summed E-state index contributed by atoms with van der Waals surface area (Å²) in [6.07, 6.45) is 1.20. The van der Waals surface area contributed by atoms with E-state index >= 15 is 0 Å². The molecule has 1 atom stereocenters.